The number of fused-ring (bicyclic) bond motifs is 1. The number of nitrogens with zero attached hydrogens (tertiary/aromatic N) is 1. The van der Waals surface area contributed by atoms with E-state index in [1.807, 2.05) is 0 Å². The van der Waals surface area contributed by atoms with Gasteiger partial charge in [0.05, 0.1) is 0 Å². The van der Waals surface area contributed by atoms with Gasteiger partial charge in [0.2, 0.25) is 0 Å². The largest absolute Gasteiger partial charge is 0.316 e. The molecule has 0 saturated carbocycles. The van der Waals surface area contributed by atoms with E-state index in [0.29, 0.717) is 10.8 Å². The molecule has 2 heterocycles. The predicted molar refractivity (Wildman–Crippen MR) is 60.4 cm³/mol. The lowest BCUT2D eigenvalue weighted by molar-refractivity contribution is 0.212. The van der Waals surface area contributed by atoms with E-state index in [-0.39, 0.29) is 0 Å². The summed E-state index contributed by atoms with van der Waals surface area (Å²) in [6.07, 6.45) is 1.28. The summed E-state index contributed by atoms with van der Waals surface area (Å²) >= 11 is 0. The first kappa shape index (κ1) is 10.4. The smallest absolute Gasteiger partial charge is 0.00647 e. The Morgan fingerprint density at radius 1 is 1.21 bits per heavy atom. The van der Waals surface area contributed by atoms with Crippen LogP contribution in [0.2, 0.25) is 0 Å². The van der Waals surface area contributed by atoms with Crippen LogP contribution in [0, 0.1) is 10.8 Å². The van der Waals surface area contributed by atoms with Gasteiger partial charge in [-0.15, -0.1) is 0 Å². The molecule has 0 unspecified atom stereocenters. The lowest BCUT2D eigenvalue weighted by Gasteiger charge is -2.31. The fraction of sp³-hybridized carbons (Fsp3) is 1.00. The minimum atomic E-state index is 0.510. The van der Waals surface area contributed by atoms with Crippen molar-refractivity contribution in [3.8, 4) is 0 Å². The quantitative estimate of drug-likeness (QED) is 0.723. The zero-order valence-corrected chi connectivity index (χ0v) is 10.1. The van der Waals surface area contributed by atoms with Crippen molar-refractivity contribution >= 4 is 0 Å². The molecule has 0 amide bonds. The molecule has 0 aromatic carbocycles. The average Bonchev–Trinajstić information content (AvgIpc) is 2.52. The molecule has 2 rings (SSSR count). The molecular weight excluding hydrogens is 172 g/mol. The average molecular weight is 196 g/mol. The van der Waals surface area contributed by atoms with E-state index in [0.717, 1.165) is 6.04 Å². The zero-order chi connectivity index (χ0) is 10.4. The molecule has 82 valence electrons. The molecule has 0 aromatic rings. The molecule has 2 aliphatic rings. The Hall–Kier alpha value is -0.0800. The van der Waals surface area contributed by atoms with Crippen molar-refractivity contribution in [1.29, 1.82) is 0 Å². The van der Waals surface area contributed by atoms with Crippen molar-refractivity contribution < 1.29 is 0 Å². The summed E-state index contributed by atoms with van der Waals surface area (Å²) in [7, 11) is 0. The van der Waals surface area contributed by atoms with Crippen LogP contribution in [0.3, 0.4) is 0 Å². The van der Waals surface area contributed by atoms with Gasteiger partial charge in [-0.1, -0.05) is 20.8 Å². The Labute approximate surface area is 88.1 Å². The van der Waals surface area contributed by atoms with Gasteiger partial charge in [-0.2, -0.15) is 0 Å². The Kier molecular flexibility index (Phi) is 2.39. The van der Waals surface area contributed by atoms with Crippen LogP contribution in [0.15, 0.2) is 0 Å². The third-order valence-corrected chi connectivity index (χ3v) is 4.81. The van der Waals surface area contributed by atoms with E-state index >= 15 is 0 Å². The second-order valence-corrected chi connectivity index (χ2v) is 5.89. The van der Waals surface area contributed by atoms with Crippen LogP contribution >= 0.6 is 0 Å². The predicted octanol–water partition coefficient (Wildman–Crippen LogP) is 1.72. The van der Waals surface area contributed by atoms with Crippen molar-refractivity contribution in [1.82, 2.24) is 10.2 Å². The van der Waals surface area contributed by atoms with Crippen LogP contribution in [-0.4, -0.2) is 37.1 Å². The SMILES string of the molecule is CC[C@H](C)N1C[C@@]2(C)CNC[C@]2(C)C1. The van der Waals surface area contributed by atoms with Crippen molar-refractivity contribution in [2.24, 2.45) is 10.8 Å². The Balaban J connectivity index is 2.12. The fourth-order valence-electron chi connectivity index (χ4n) is 3.06. The maximum absolute atomic E-state index is 3.56. The second kappa shape index (κ2) is 3.21. The van der Waals surface area contributed by atoms with Crippen molar-refractivity contribution in [2.45, 2.75) is 40.2 Å². The van der Waals surface area contributed by atoms with Crippen molar-refractivity contribution in [2.75, 3.05) is 26.2 Å². The summed E-state index contributed by atoms with van der Waals surface area (Å²) < 4.78 is 0. The van der Waals surface area contributed by atoms with Crippen LogP contribution in [0.25, 0.3) is 0 Å². The highest BCUT2D eigenvalue weighted by Crippen LogP contribution is 2.48. The molecule has 2 fully saturated rings. The highest BCUT2D eigenvalue weighted by Gasteiger charge is 2.55. The van der Waals surface area contributed by atoms with Gasteiger partial charge < -0.3 is 5.32 Å². The molecular formula is C12H24N2. The molecule has 0 aliphatic carbocycles. The van der Waals surface area contributed by atoms with Gasteiger partial charge in [-0.25, -0.2) is 0 Å². The van der Waals surface area contributed by atoms with E-state index < -0.39 is 0 Å². The van der Waals surface area contributed by atoms with Crippen molar-refractivity contribution in [3.05, 3.63) is 0 Å². The van der Waals surface area contributed by atoms with Crippen LogP contribution in [0.4, 0.5) is 0 Å². The van der Waals surface area contributed by atoms with Gasteiger partial charge in [0, 0.05) is 43.1 Å². The molecule has 2 aliphatic heterocycles. The Bertz CT molecular complexity index is 210. The molecule has 0 spiro atoms. The molecule has 0 radical (unpaired) electrons. The molecule has 0 bridgehead atoms. The molecule has 14 heavy (non-hydrogen) atoms. The van der Waals surface area contributed by atoms with Gasteiger partial charge in [0.15, 0.2) is 0 Å². The topological polar surface area (TPSA) is 15.3 Å². The molecule has 3 atom stereocenters. The van der Waals surface area contributed by atoms with Gasteiger partial charge in [-0.05, 0) is 13.3 Å². The van der Waals surface area contributed by atoms with E-state index in [1.165, 1.54) is 32.6 Å². The van der Waals surface area contributed by atoms with Gasteiger partial charge in [-0.3, -0.25) is 4.90 Å². The third-order valence-electron chi connectivity index (χ3n) is 4.81. The summed E-state index contributed by atoms with van der Waals surface area (Å²) in [5.74, 6) is 0. The van der Waals surface area contributed by atoms with Crippen molar-refractivity contribution in [3.63, 3.8) is 0 Å². The Morgan fingerprint density at radius 3 is 2.14 bits per heavy atom. The maximum atomic E-state index is 3.56. The summed E-state index contributed by atoms with van der Waals surface area (Å²) in [5.41, 5.74) is 1.02. The lowest BCUT2D eigenvalue weighted by Crippen LogP contribution is -2.35. The first-order chi connectivity index (χ1) is 6.51. The van der Waals surface area contributed by atoms with E-state index in [4.69, 9.17) is 0 Å². The minimum Gasteiger partial charge on any atom is -0.316 e. The summed E-state index contributed by atoms with van der Waals surface area (Å²) in [4.78, 5) is 2.68. The molecule has 2 nitrogen and oxygen atoms in total. The Morgan fingerprint density at radius 2 is 1.71 bits per heavy atom. The number of rotatable bonds is 2. The summed E-state index contributed by atoms with van der Waals surface area (Å²) in [5, 5.41) is 3.56. The zero-order valence-electron chi connectivity index (χ0n) is 10.1. The van der Waals surface area contributed by atoms with Crippen LogP contribution in [0.5, 0.6) is 0 Å². The van der Waals surface area contributed by atoms with Gasteiger partial charge >= 0.3 is 0 Å². The van der Waals surface area contributed by atoms with Crippen LogP contribution < -0.4 is 5.32 Å². The first-order valence-corrected chi connectivity index (χ1v) is 5.95. The molecule has 1 N–H and O–H groups in total. The van der Waals surface area contributed by atoms with E-state index in [1.54, 1.807) is 0 Å². The number of likely N-dealkylation sites (tertiary alicyclic amines) is 1. The number of hydrogen-bond acceptors (Lipinski definition) is 2. The maximum Gasteiger partial charge on any atom is 0.00647 e. The standard InChI is InChI=1S/C12H24N2/c1-5-10(2)14-8-11(3)6-13-7-12(11,4)9-14/h10,13H,5-9H2,1-4H3/t10-,11+,12+/m0/s1. The fourth-order valence-corrected chi connectivity index (χ4v) is 3.06. The second-order valence-electron chi connectivity index (χ2n) is 5.89. The van der Waals surface area contributed by atoms with Gasteiger partial charge in [0.25, 0.3) is 0 Å². The third kappa shape index (κ3) is 1.31. The highest BCUT2D eigenvalue weighted by atomic mass is 15.2. The van der Waals surface area contributed by atoms with E-state index in [2.05, 4.69) is 37.9 Å². The minimum absolute atomic E-state index is 0.510. The van der Waals surface area contributed by atoms with E-state index in [9.17, 15) is 0 Å². The van der Waals surface area contributed by atoms with Gasteiger partial charge in [0.1, 0.15) is 0 Å². The number of nitrogens with one attached hydrogen (secondary N) is 1. The molecule has 0 aromatic heterocycles. The highest BCUT2D eigenvalue weighted by molar-refractivity contribution is 5.09. The number of hydrogen-bond donors (Lipinski definition) is 1. The summed E-state index contributed by atoms with van der Waals surface area (Å²) in [6, 6.07) is 0.759. The summed E-state index contributed by atoms with van der Waals surface area (Å²) in [6.45, 7) is 14.5. The lowest BCUT2D eigenvalue weighted by atomic mass is 9.71. The van der Waals surface area contributed by atoms with Crippen LogP contribution in [-0.2, 0) is 0 Å². The molecule has 2 saturated heterocycles. The normalized spacial score (nSPS) is 45.4. The molecule has 2 heteroatoms. The van der Waals surface area contributed by atoms with Crippen LogP contribution in [0.1, 0.15) is 34.1 Å². The first-order valence-electron chi connectivity index (χ1n) is 5.95. The monoisotopic (exact) mass is 196 g/mol.